The zero-order valence-electron chi connectivity index (χ0n) is 13.7. The third kappa shape index (κ3) is 3.03. The third-order valence-corrected chi connectivity index (χ3v) is 3.75. The van der Waals surface area contributed by atoms with Crippen LogP contribution in [0.3, 0.4) is 0 Å². The number of amides is 2. The molecule has 0 atom stereocenters. The number of carbonyl (C=O) groups excluding carboxylic acids is 2. The Labute approximate surface area is 139 Å². The standard InChI is InChI=1S/C18H18N2O4/c1-18(2)17(22)20-14-9-6-12(10-15(14)24-18)19-16(21)11-4-7-13(23-3)8-5-11/h4-10H,1-3H3,(H,19,21)(H,20,22). The maximum absolute atomic E-state index is 12.3. The minimum Gasteiger partial charge on any atom is -0.497 e. The highest BCUT2D eigenvalue weighted by Gasteiger charge is 2.35. The van der Waals surface area contributed by atoms with Gasteiger partial charge in [0.2, 0.25) is 0 Å². The van der Waals surface area contributed by atoms with Gasteiger partial charge in [-0.3, -0.25) is 9.59 Å². The van der Waals surface area contributed by atoms with E-state index in [0.29, 0.717) is 28.4 Å². The lowest BCUT2D eigenvalue weighted by atomic mass is 10.1. The van der Waals surface area contributed by atoms with E-state index in [1.54, 1.807) is 63.4 Å². The molecule has 0 aromatic heterocycles. The molecule has 2 amide bonds. The van der Waals surface area contributed by atoms with Gasteiger partial charge >= 0.3 is 0 Å². The maximum atomic E-state index is 12.3. The number of benzene rings is 2. The van der Waals surface area contributed by atoms with Gasteiger partial charge < -0.3 is 20.1 Å². The molecule has 24 heavy (non-hydrogen) atoms. The third-order valence-electron chi connectivity index (χ3n) is 3.75. The van der Waals surface area contributed by atoms with E-state index >= 15 is 0 Å². The van der Waals surface area contributed by atoms with Crippen LogP contribution in [0.15, 0.2) is 42.5 Å². The molecule has 0 saturated heterocycles. The number of ether oxygens (including phenoxy) is 2. The van der Waals surface area contributed by atoms with E-state index in [0.717, 1.165) is 0 Å². The predicted molar refractivity (Wildman–Crippen MR) is 90.7 cm³/mol. The Bertz CT molecular complexity index is 797. The van der Waals surface area contributed by atoms with E-state index in [1.165, 1.54) is 0 Å². The van der Waals surface area contributed by atoms with Crippen LogP contribution >= 0.6 is 0 Å². The van der Waals surface area contributed by atoms with Gasteiger partial charge in [-0.1, -0.05) is 0 Å². The minimum atomic E-state index is -0.953. The monoisotopic (exact) mass is 326 g/mol. The average molecular weight is 326 g/mol. The van der Waals surface area contributed by atoms with Gasteiger partial charge in [0.05, 0.1) is 12.8 Å². The molecule has 6 nitrogen and oxygen atoms in total. The van der Waals surface area contributed by atoms with E-state index in [2.05, 4.69) is 10.6 Å². The summed E-state index contributed by atoms with van der Waals surface area (Å²) in [6, 6.07) is 11.9. The molecule has 3 rings (SSSR count). The number of rotatable bonds is 3. The Balaban J connectivity index is 1.78. The molecule has 1 heterocycles. The summed E-state index contributed by atoms with van der Waals surface area (Å²) in [6.07, 6.45) is 0. The van der Waals surface area contributed by atoms with E-state index in [-0.39, 0.29) is 11.8 Å². The molecule has 0 aliphatic carbocycles. The molecular formula is C18H18N2O4. The Hall–Kier alpha value is -3.02. The molecule has 1 aliphatic rings. The van der Waals surface area contributed by atoms with Crippen molar-refractivity contribution in [2.24, 2.45) is 0 Å². The molecule has 1 aliphatic heterocycles. The van der Waals surface area contributed by atoms with Crippen molar-refractivity contribution in [2.75, 3.05) is 17.7 Å². The Morgan fingerprint density at radius 1 is 1.17 bits per heavy atom. The second-order valence-corrected chi connectivity index (χ2v) is 5.96. The molecule has 2 N–H and O–H groups in total. The first kappa shape index (κ1) is 15.9. The molecule has 6 heteroatoms. The smallest absolute Gasteiger partial charge is 0.268 e. The summed E-state index contributed by atoms with van der Waals surface area (Å²) in [5.74, 6) is 0.764. The molecule has 0 saturated carbocycles. The maximum Gasteiger partial charge on any atom is 0.268 e. The van der Waals surface area contributed by atoms with Crippen LogP contribution in [-0.4, -0.2) is 24.5 Å². The van der Waals surface area contributed by atoms with Crippen molar-refractivity contribution in [1.29, 1.82) is 0 Å². The fraction of sp³-hybridized carbons (Fsp3) is 0.222. The van der Waals surface area contributed by atoms with Gasteiger partial charge in [-0.25, -0.2) is 0 Å². The summed E-state index contributed by atoms with van der Waals surface area (Å²) in [7, 11) is 1.57. The van der Waals surface area contributed by atoms with Crippen molar-refractivity contribution in [3.8, 4) is 11.5 Å². The second kappa shape index (κ2) is 5.88. The predicted octanol–water partition coefficient (Wildman–Crippen LogP) is 3.06. The summed E-state index contributed by atoms with van der Waals surface area (Å²) < 4.78 is 10.8. The summed E-state index contributed by atoms with van der Waals surface area (Å²) in [6.45, 7) is 3.38. The topological polar surface area (TPSA) is 76.7 Å². The number of methoxy groups -OCH3 is 1. The van der Waals surface area contributed by atoms with Crippen LogP contribution in [-0.2, 0) is 4.79 Å². The zero-order chi connectivity index (χ0) is 17.3. The van der Waals surface area contributed by atoms with Crippen LogP contribution in [0.1, 0.15) is 24.2 Å². The summed E-state index contributed by atoms with van der Waals surface area (Å²) in [4.78, 5) is 24.2. The van der Waals surface area contributed by atoms with E-state index in [1.807, 2.05) is 0 Å². The van der Waals surface area contributed by atoms with Crippen molar-refractivity contribution in [3.05, 3.63) is 48.0 Å². The lowest BCUT2D eigenvalue weighted by molar-refractivity contribution is -0.129. The first-order valence-corrected chi connectivity index (χ1v) is 7.49. The number of hydrogen-bond acceptors (Lipinski definition) is 4. The highest BCUT2D eigenvalue weighted by atomic mass is 16.5. The van der Waals surface area contributed by atoms with E-state index in [4.69, 9.17) is 9.47 Å². The van der Waals surface area contributed by atoms with Crippen LogP contribution < -0.4 is 20.1 Å². The Kier molecular flexibility index (Phi) is 3.89. The summed E-state index contributed by atoms with van der Waals surface area (Å²) in [5, 5.41) is 5.60. The number of hydrogen-bond donors (Lipinski definition) is 2. The van der Waals surface area contributed by atoms with Crippen molar-refractivity contribution >= 4 is 23.2 Å². The number of anilines is 2. The van der Waals surface area contributed by atoms with E-state index in [9.17, 15) is 9.59 Å². The highest BCUT2D eigenvalue weighted by molar-refractivity contribution is 6.05. The van der Waals surface area contributed by atoms with Gasteiger partial charge in [-0.2, -0.15) is 0 Å². The Morgan fingerprint density at radius 3 is 2.54 bits per heavy atom. The van der Waals surface area contributed by atoms with Crippen molar-refractivity contribution < 1.29 is 19.1 Å². The molecule has 124 valence electrons. The van der Waals surface area contributed by atoms with Gasteiger partial charge in [0.15, 0.2) is 5.60 Å². The Morgan fingerprint density at radius 2 is 1.88 bits per heavy atom. The number of nitrogens with one attached hydrogen (secondary N) is 2. The van der Waals surface area contributed by atoms with Gasteiger partial charge in [0.1, 0.15) is 11.5 Å². The molecule has 2 aromatic rings. The molecule has 0 bridgehead atoms. The normalized spacial score (nSPS) is 14.9. The first-order valence-electron chi connectivity index (χ1n) is 7.49. The van der Waals surface area contributed by atoms with Crippen LogP contribution in [0.4, 0.5) is 11.4 Å². The first-order chi connectivity index (χ1) is 11.4. The quantitative estimate of drug-likeness (QED) is 0.909. The van der Waals surface area contributed by atoms with Gasteiger partial charge in [0.25, 0.3) is 11.8 Å². The largest absolute Gasteiger partial charge is 0.497 e. The van der Waals surface area contributed by atoms with Gasteiger partial charge in [-0.15, -0.1) is 0 Å². The van der Waals surface area contributed by atoms with Crippen LogP contribution in [0.2, 0.25) is 0 Å². The van der Waals surface area contributed by atoms with Crippen molar-refractivity contribution in [3.63, 3.8) is 0 Å². The van der Waals surface area contributed by atoms with Gasteiger partial charge in [0, 0.05) is 17.3 Å². The zero-order valence-corrected chi connectivity index (χ0v) is 13.7. The molecule has 0 spiro atoms. The molecule has 0 radical (unpaired) electrons. The number of carbonyl (C=O) groups is 2. The molecular weight excluding hydrogens is 308 g/mol. The lowest BCUT2D eigenvalue weighted by Gasteiger charge is -2.31. The molecule has 2 aromatic carbocycles. The van der Waals surface area contributed by atoms with Crippen molar-refractivity contribution in [1.82, 2.24) is 0 Å². The molecule has 0 fully saturated rings. The van der Waals surface area contributed by atoms with E-state index < -0.39 is 5.60 Å². The lowest BCUT2D eigenvalue weighted by Crippen LogP contribution is -2.45. The second-order valence-electron chi connectivity index (χ2n) is 5.96. The summed E-state index contributed by atoms with van der Waals surface area (Å²) in [5.41, 5.74) is 0.734. The fourth-order valence-corrected chi connectivity index (χ4v) is 2.33. The van der Waals surface area contributed by atoms with Crippen LogP contribution in [0, 0.1) is 0 Å². The van der Waals surface area contributed by atoms with Crippen molar-refractivity contribution in [2.45, 2.75) is 19.4 Å². The van der Waals surface area contributed by atoms with Crippen LogP contribution in [0.25, 0.3) is 0 Å². The average Bonchev–Trinajstić information content (AvgIpc) is 2.56. The minimum absolute atomic E-state index is 0.204. The fourth-order valence-electron chi connectivity index (χ4n) is 2.33. The highest BCUT2D eigenvalue weighted by Crippen LogP contribution is 2.35. The number of fused-ring (bicyclic) bond motifs is 1. The summed E-state index contributed by atoms with van der Waals surface area (Å²) >= 11 is 0. The SMILES string of the molecule is COc1ccc(C(=O)Nc2ccc3c(c2)OC(C)(C)C(=O)N3)cc1. The van der Waals surface area contributed by atoms with Crippen LogP contribution in [0.5, 0.6) is 11.5 Å². The molecule has 0 unspecified atom stereocenters. The van der Waals surface area contributed by atoms with Gasteiger partial charge in [-0.05, 0) is 50.2 Å².